The molecule has 4 N–H and O–H groups in total. The summed E-state index contributed by atoms with van der Waals surface area (Å²) >= 11 is 0. The van der Waals surface area contributed by atoms with Crippen LogP contribution in [0.15, 0.2) is 0 Å². The van der Waals surface area contributed by atoms with Crippen molar-refractivity contribution in [3.05, 3.63) is 0 Å². The smallest absolute Gasteiger partial charge is 0.390 e. The van der Waals surface area contributed by atoms with Crippen molar-refractivity contribution in [3.63, 3.8) is 0 Å². The number of hydrogen-bond donors (Lipinski definition) is 4. The van der Waals surface area contributed by atoms with E-state index in [9.17, 15) is 24.5 Å². The highest BCUT2D eigenvalue weighted by molar-refractivity contribution is 7.47. The molecule has 0 aliphatic carbocycles. The lowest BCUT2D eigenvalue weighted by atomic mass is 9.99. The number of unbranched alkanes of at least 4 members (excludes halogenated alkanes) is 38. The predicted molar refractivity (Wildman–Crippen MR) is 274 cm³/mol. The van der Waals surface area contributed by atoms with Crippen molar-refractivity contribution in [2.45, 2.75) is 302 Å². The third kappa shape index (κ3) is 46.6. The van der Waals surface area contributed by atoms with Crippen molar-refractivity contribution in [2.24, 2.45) is 0 Å². The van der Waals surface area contributed by atoms with Crippen molar-refractivity contribution in [2.75, 3.05) is 40.9 Å². The number of aliphatic hydroxyl groups is 2. The first-order chi connectivity index (χ1) is 30.9. The van der Waals surface area contributed by atoms with Crippen LogP contribution in [-0.4, -0.2) is 84.6 Å². The van der Waals surface area contributed by atoms with Gasteiger partial charge in [0.15, 0.2) is 0 Å². The highest BCUT2D eigenvalue weighted by Gasteiger charge is 2.32. The average Bonchev–Trinajstić information content (AvgIpc) is 3.25. The van der Waals surface area contributed by atoms with Gasteiger partial charge in [0.2, 0.25) is 5.91 Å². The number of nitrogens with one attached hydrogen (secondary N) is 1. The molecule has 0 aliphatic heterocycles. The number of rotatable bonds is 52. The number of quaternary nitrogens is 1. The summed E-state index contributed by atoms with van der Waals surface area (Å²) in [5.41, 5.74) is 0. The molecule has 0 radical (unpaired) electrons. The summed E-state index contributed by atoms with van der Waals surface area (Å²) in [7, 11) is 1.45. The average molecular weight is 932 g/mol. The molecule has 0 bridgehead atoms. The van der Waals surface area contributed by atoms with E-state index < -0.39 is 32.7 Å². The number of hydrogen-bond acceptors (Lipinski definition) is 6. The second-order valence-electron chi connectivity index (χ2n) is 20.8. The topological polar surface area (TPSA) is 125 Å². The fourth-order valence-corrected chi connectivity index (χ4v) is 9.47. The van der Waals surface area contributed by atoms with Crippen LogP contribution < -0.4 is 5.32 Å². The fraction of sp³-hybridized carbons (Fsp3) is 0.981. The van der Waals surface area contributed by atoms with Gasteiger partial charge in [0.1, 0.15) is 19.3 Å². The van der Waals surface area contributed by atoms with E-state index in [1.54, 1.807) is 0 Å². The second-order valence-corrected chi connectivity index (χ2v) is 22.3. The molecule has 0 aromatic carbocycles. The lowest BCUT2D eigenvalue weighted by Gasteiger charge is -2.28. The summed E-state index contributed by atoms with van der Waals surface area (Å²) in [4.78, 5) is 23.3. The maximum absolute atomic E-state index is 13.0. The zero-order chi connectivity index (χ0) is 47.3. The van der Waals surface area contributed by atoms with Crippen LogP contribution in [-0.2, 0) is 18.4 Å². The second kappa shape index (κ2) is 46.2. The molecule has 64 heavy (non-hydrogen) atoms. The Morgan fingerprint density at radius 1 is 0.484 bits per heavy atom. The molecule has 0 heterocycles. The number of likely N-dealkylation sites (N-methyl/N-ethyl adjacent to an activating group) is 1. The molecule has 0 aromatic rings. The highest BCUT2D eigenvalue weighted by atomic mass is 31.2. The van der Waals surface area contributed by atoms with Crippen LogP contribution >= 0.6 is 7.82 Å². The molecule has 0 fully saturated rings. The molecule has 0 spiro atoms. The minimum atomic E-state index is -4.41. The molecular formula is C54H112N2O7P+. The Balaban J connectivity index is 4.11. The first-order valence-electron chi connectivity index (χ1n) is 28.0. The highest BCUT2D eigenvalue weighted by Crippen LogP contribution is 2.43. The largest absolute Gasteiger partial charge is 0.472 e. The Kier molecular flexibility index (Phi) is 45.8. The molecule has 10 heteroatoms. The predicted octanol–water partition coefficient (Wildman–Crippen LogP) is 15.5. The monoisotopic (exact) mass is 932 g/mol. The van der Waals surface area contributed by atoms with Crippen LogP contribution in [0.4, 0.5) is 0 Å². The van der Waals surface area contributed by atoms with Crippen molar-refractivity contribution >= 4 is 13.7 Å². The van der Waals surface area contributed by atoms with Gasteiger partial charge in [0, 0.05) is 6.42 Å². The number of amides is 1. The number of carbonyl (C=O) groups is 1. The molecule has 9 nitrogen and oxygen atoms in total. The molecular weight excluding hydrogens is 820 g/mol. The molecule has 4 atom stereocenters. The standard InChI is InChI=1S/C54H111N2O7P/c1-6-8-10-12-14-16-18-20-21-22-23-24-25-26-27-28-29-30-31-32-33-34-35-37-39-41-43-45-47-53(58)55-51(50-63-64(60,61)62-49-48-56(3,4)5)54(59)52(57)46-44-42-40-38-36-19-17-15-13-11-9-7-2/h51-52,54,57,59H,6-50H2,1-5H3,(H-,55,58,60,61)/p+1. The van der Waals surface area contributed by atoms with E-state index in [2.05, 4.69) is 19.2 Å². The Hall–Kier alpha value is -0.540. The molecule has 4 unspecified atom stereocenters. The van der Waals surface area contributed by atoms with Gasteiger partial charge < -0.3 is 24.9 Å². The van der Waals surface area contributed by atoms with E-state index in [-0.39, 0.29) is 12.5 Å². The molecule has 0 aliphatic rings. The normalized spacial score (nSPS) is 14.4. The molecule has 1 amide bonds. The fourth-order valence-electron chi connectivity index (χ4n) is 8.73. The number of aliphatic hydroxyl groups excluding tert-OH is 2. The summed E-state index contributed by atoms with van der Waals surface area (Å²) in [5.74, 6) is -0.251. The SMILES string of the molecule is CCCCCCCCCCCCCCCCCCCCCCCCCCCCCCC(=O)NC(COP(=O)(O)OCC[N+](C)(C)C)C(O)C(O)CCCCCCCCCCCCCC. The van der Waals surface area contributed by atoms with E-state index >= 15 is 0 Å². The van der Waals surface area contributed by atoms with Gasteiger partial charge in [-0.05, 0) is 12.8 Å². The summed E-state index contributed by atoms with van der Waals surface area (Å²) in [5, 5.41) is 24.8. The van der Waals surface area contributed by atoms with Gasteiger partial charge in [-0.25, -0.2) is 4.57 Å². The van der Waals surface area contributed by atoms with Gasteiger partial charge in [-0.1, -0.05) is 264 Å². The lowest BCUT2D eigenvalue weighted by Crippen LogP contribution is -2.51. The van der Waals surface area contributed by atoms with Crippen molar-refractivity contribution in [3.8, 4) is 0 Å². The Labute approximate surface area is 398 Å². The maximum Gasteiger partial charge on any atom is 0.472 e. The minimum absolute atomic E-state index is 0.0259. The third-order valence-corrected chi connectivity index (χ3v) is 14.2. The molecule has 0 rings (SSSR count). The first kappa shape index (κ1) is 63.5. The molecule has 384 valence electrons. The van der Waals surface area contributed by atoms with Crippen LogP contribution in [0.2, 0.25) is 0 Å². The lowest BCUT2D eigenvalue weighted by molar-refractivity contribution is -0.870. The number of carbonyl (C=O) groups excluding carboxylic acids is 1. The van der Waals surface area contributed by atoms with E-state index in [0.717, 1.165) is 38.5 Å². The van der Waals surface area contributed by atoms with E-state index in [1.807, 2.05) is 21.1 Å². The molecule has 0 aromatic heterocycles. The van der Waals surface area contributed by atoms with Crippen LogP contribution in [0, 0.1) is 0 Å². The van der Waals surface area contributed by atoms with Crippen LogP contribution in [0.25, 0.3) is 0 Å². The first-order valence-corrected chi connectivity index (χ1v) is 29.5. The number of phosphoric ester groups is 1. The summed E-state index contributed by atoms with van der Waals surface area (Å²) in [6, 6.07) is -1.03. The van der Waals surface area contributed by atoms with Crippen molar-refractivity contribution in [1.82, 2.24) is 5.32 Å². The maximum atomic E-state index is 13.0. The van der Waals surface area contributed by atoms with Crippen LogP contribution in [0.5, 0.6) is 0 Å². The van der Waals surface area contributed by atoms with Crippen LogP contribution in [0.1, 0.15) is 284 Å². The quantitative estimate of drug-likeness (QED) is 0.0272. The summed E-state index contributed by atoms with van der Waals surface area (Å²) < 4.78 is 23.6. The molecule has 0 saturated carbocycles. The number of phosphoric acid groups is 1. The Bertz CT molecular complexity index is 1030. The number of nitrogens with zero attached hydrogens (tertiary/aromatic N) is 1. The van der Waals surface area contributed by atoms with Crippen molar-refractivity contribution in [1.29, 1.82) is 0 Å². The van der Waals surface area contributed by atoms with Gasteiger partial charge in [0.05, 0.1) is 39.9 Å². The zero-order valence-corrected chi connectivity index (χ0v) is 44.3. The van der Waals surface area contributed by atoms with Gasteiger partial charge in [0.25, 0.3) is 0 Å². The van der Waals surface area contributed by atoms with Gasteiger partial charge in [-0.2, -0.15) is 0 Å². The van der Waals surface area contributed by atoms with Gasteiger partial charge >= 0.3 is 7.82 Å². The summed E-state index contributed by atoms with van der Waals surface area (Å²) in [6.45, 7) is 4.65. The Morgan fingerprint density at radius 3 is 1.09 bits per heavy atom. The van der Waals surface area contributed by atoms with Crippen LogP contribution in [0.3, 0.4) is 0 Å². The van der Waals surface area contributed by atoms with Gasteiger partial charge in [-0.3, -0.25) is 13.8 Å². The Morgan fingerprint density at radius 2 is 0.781 bits per heavy atom. The zero-order valence-electron chi connectivity index (χ0n) is 43.4. The third-order valence-electron chi connectivity index (χ3n) is 13.2. The minimum Gasteiger partial charge on any atom is -0.390 e. The summed E-state index contributed by atoms with van der Waals surface area (Å²) in [6.07, 6.45) is 50.5. The van der Waals surface area contributed by atoms with Crippen molar-refractivity contribution < 1.29 is 38.0 Å². The van der Waals surface area contributed by atoms with E-state index in [4.69, 9.17) is 9.05 Å². The van der Waals surface area contributed by atoms with E-state index in [0.29, 0.717) is 23.9 Å². The van der Waals surface area contributed by atoms with Gasteiger partial charge in [-0.15, -0.1) is 0 Å². The van der Waals surface area contributed by atoms with E-state index in [1.165, 1.54) is 218 Å². The molecule has 0 saturated heterocycles.